The molecular formula is C8H13N3O. The maximum absolute atomic E-state index is 11.3. The first-order valence-corrected chi connectivity index (χ1v) is 3.97. The molecule has 0 aliphatic rings. The van der Waals surface area contributed by atoms with Gasteiger partial charge in [0, 0.05) is 11.3 Å². The summed E-state index contributed by atoms with van der Waals surface area (Å²) in [6, 6.07) is 0. The molecule has 0 spiro atoms. The lowest BCUT2D eigenvalue weighted by Crippen LogP contribution is -2.19. The molecule has 3 N–H and O–H groups in total. The number of aromatic nitrogens is 2. The number of rotatable bonds is 2. The summed E-state index contributed by atoms with van der Waals surface area (Å²) in [5.41, 5.74) is 6.80. The van der Waals surface area contributed by atoms with Crippen LogP contribution in [0.3, 0.4) is 0 Å². The molecule has 0 aromatic carbocycles. The highest BCUT2D eigenvalue weighted by Gasteiger charge is 2.03. The third-order valence-corrected chi connectivity index (χ3v) is 1.82. The zero-order valence-electron chi connectivity index (χ0n) is 7.35. The van der Waals surface area contributed by atoms with E-state index in [9.17, 15) is 4.79 Å². The Morgan fingerprint density at radius 2 is 2.25 bits per heavy atom. The number of nitrogens with two attached hydrogens (primary N) is 1. The molecule has 4 nitrogen and oxygen atoms in total. The van der Waals surface area contributed by atoms with E-state index in [1.54, 1.807) is 0 Å². The van der Waals surface area contributed by atoms with E-state index in [-0.39, 0.29) is 12.1 Å². The van der Waals surface area contributed by atoms with Crippen molar-refractivity contribution in [3.8, 4) is 0 Å². The molecule has 0 atom stereocenters. The highest BCUT2D eigenvalue weighted by molar-refractivity contribution is 5.16. The van der Waals surface area contributed by atoms with Crippen LogP contribution in [0, 0.1) is 6.92 Å². The Bertz CT molecular complexity index is 330. The number of hydrogen-bond acceptors (Lipinski definition) is 3. The Morgan fingerprint density at radius 3 is 2.67 bits per heavy atom. The van der Waals surface area contributed by atoms with E-state index in [0.717, 1.165) is 11.3 Å². The zero-order chi connectivity index (χ0) is 9.14. The van der Waals surface area contributed by atoms with Gasteiger partial charge in [0.15, 0.2) is 0 Å². The third kappa shape index (κ3) is 1.53. The van der Waals surface area contributed by atoms with Gasteiger partial charge >= 0.3 is 0 Å². The molecule has 0 aliphatic heterocycles. The highest BCUT2D eigenvalue weighted by atomic mass is 16.1. The second kappa shape index (κ2) is 3.49. The molecule has 0 bridgehead atoms. The minimum atomic E-state index is -0.0644. The van der Waals surface area contributed by atoms with Crippen LogP contribution in [0.25, 0.3) is 0 Å². The molecule has 0 saturated heterocycles. The van der Waals surface area contributed by atoms with Crippen molar-refractivity contribution in [2.45, 2.75) is 26.8 Å². The van der Waals surface area contributed by atoms with Crippen molar-refractivity contribution in [3.05, 3.63) is 27.4 Å². The summed E-state index contributed by atoms with van der Waals surface area (Å²) >= 11 is 0. The lowest BCUT2D eigenvalue weighted by molar-refractivity contribution is 0.846. The molecule has 0 saturated carbocycles. The molecule has 0 amide bonds. The van der Waals surface area contributed by atoms with Crippen LogP contribution in [0.15, 0.2) is 4.79 Å². The predicted molar refractivity (Wildman–Crippen MR) is 46.9 cm³/mol. The van der Waals surface area contributed by atoms with Crippen molar-refractivity contribution in [1.82, 2.24) is 9.97 Å². The molecule has 1 aromatic heterocycles. The minimum absolute atomic E-state index is 0.0644. The van der Waals surface area contributed by atoms with Gasteiger partial charge in [-0.2, -0.15) is 0 Å². The van der Waals surface area contributed by atoms with E-state index in [4.69, 9.17) is 5.73 Å². The van der Waals surface area contributed by atoms with Crippen LogP contribution >= 0.6 is 0 Å². The van der Waals surface area contributed by atoms with Crippen molar-refractivity contribution in [2.24, 2.45) is 5.73 Å². The third-order valence-electron chi connectivity index (χ3n) is 1.82. The molecule has 12 heavy (non-hydrogen) atoms. The molecule has 0 unspecified atom stereocenters. The summed E-state index contributed by atoms with van der Waals surface area (Å²) in [6.45, 7) is 4.04. The number of hydrogen-bond donors (Lipinski definition) is 2. The highest BCUT2D eigenvalue weighted by Crippen LogP contribution is 1.98. The summed E-state index contributed by atoms with van der Waals surface area (Å²) in [7, 11) is 0. The fourth-order valence-corrected chi connectivity index (χ4v) is 1.18. The molecule has 1 heterocycles. The number of aromatic amines is 1. The lowest BCUT2D eigenvalue weighted by atomic mass is 10.2. The molecule has 0 fully saturated rings. The summed E-state index contributed by atoms with van der Waals surface area (Å²) in [6.07, 6.45) is 0.707. The Balaban J connectivity index is 3.28. The summed E-state index contributed by atoms with van der Waals surface area (Å²) in [5, 5.41) is 0. The molecule has 0 aliphatic carbocycles. The first-order valence-electron chi connectivity index (χ1n) is 3.97. The van der Waals surface area contributed by atoms with Gasteiger partial charge in [0.2, 0.25) is 0 Å². The van der Waals surface area contributed by atoms with Gasteiger partial charge in [-0.3, -0.25) is 4.79 Å². The van der Waals surface area contributed by atoms with E-state index in [1.807, 2.05) is 13.8 Å². The normalized spacial score (nSPS) is 10.2. The van der Waals surface area contributed by atoms with Crippen LogP contribution in [0.1, 0.15) is 24.0 Å². The zero-order valence-corrected chi connectivity index (χ0v) is 7.35. The Hall–Kier alpha value is -1.16. The second-order valence-corrected chi connectivity index (χ2v) is 2.63. The van der Waals surface area contributed by atoms with Gasteiger partial charge < -0.3 is 10.7 Å². The van der Waals surface area contributed by atoms with E-state index in [2.05, 4.69) is 9.97 Å². The number of nitrogens with zero attached hydrogens (tertiary/aromatic N) is 1. The van der Waals surface area contributed by atoms with Gasteiger partial charge in [0.05, 0.1) is 6.54 Å². The van der Waals surface area contributed by atoms with Gasteiger partial charge in [-0.1, -0.05) is 6.92 Å². The van der Waals surface area contributed by atoms with Crippen LogP contribution in [-0.2, 0) is 13.0 Å². The van der Waals surface area contributed by atoms with E-state index >= 15 is 0 Å². The Labute approximate surface area is 70.8 Å². The van der Waals surface area contributed by atoms with Gasteiger partial charge in [-0.05, 0) is 13.3 Å². The van der Waals surface area contributed by atoms with Crippen LogP contribution in [0.2, 0.25) is 0 Å². The van der Waals surface area contributed by atoms with E-state index in [1.165, 1.54) is 0 Å². The fourth-order valence-electron chi connectivity index (χ4n) is 1.18. The number of H-pyrrole nitrogens is 1. The van der Waals surface area contributed by atoms with Gasteiger partial charge in [0.25, 0.3) is 5.56 Å². The average Bonchev–Trinajstić information content (AvgIpc) is 2.03. The van der Waals surface area contributed by atoms with Gasteiger partial charge in [-0.25, -0.2) is 4.98 Å². The van der Waals surface area contributed by atoms with Crippen molar-refractivity contribution >= 4 is 0 Å². The largest absolute Gasteiger partial charge is 0.324 e. The number of aryl methyl sites for hydroxylation is 1. The smallest absolute Gasteiger partial charge is 0.254 e. The Morgan fingerprint density at radius 1 is 1.58 bits per heavy atom. The van der Waals surface area contributed by atoms with Crippen LogP contribution in [0.4, 0.5) is 0 Å². The quantitative estimate of drug-likeness (QED) is 0.656. The molecule has 4 heteroatoms. The molecule has 66 valence electrons. The van der Waals surface area contributed by atoms with Crippen LogP contribution in [0.5, 0.6) is 0 Å². The molecular weight excluding hydrogens is 154 g/mol. The fraction of sp³-hybridized carbons (Fsp3) is 0.500. The van der Waals surface area contributed by atoms with Gasteiger partial charge in [0.1, 0.15) is 5.82 Å². The maximum Gasteiger partial charge on any atom is 0.254 e. The summed E-state index contributed by atoms with van der Waals surface area (Å²) in [5.74, 6) is 0.551. The monoisotopic (exact) mass is 167 g/mol. The van der Waals surface area contributed by atoms with Crippen LogP contribution in [-0.4, -0.2) is 9.97 Å². The first kappa shape index (κ1) is 8.93. The molecule has 1 rings (SSSR count). The topological polar surface area (TPSA) is 71.8 Å². The maximum atomic E-state index is 11.3. The van der Waals surface area contributed by atoms with Crippen molar-refractivity contribution in [1.29, 1.82) is 0 Å². The van der Waals surface area contributed by atoms with Gasteiger partial charge in [-0.15, -0.1) is 0 Å². The molecule has 1 aromatic rings. The lowest BCUT2D eigenvalue weighted by Gasteiger charge is -2.02. The summed E-state index contributed by atoms with van der Waals surface area (Å²) in [4.78, 5) is 18.1. The average molecular weight is 167 g/mol. The standard InChI is InChI=1S/C8H13N3O/c1-3-6-5(2)10-7(4-9)11-8(6)12/h3-4,9H2,1-2H3,(H,10,11,12). The van der Waals surface area contributed by atoms with Crippen molar-refractivity contribution in [3.63, 3.8) is 0 Å². The second-order valence-electron chi connectivity index (χ2n) is 2.63. The van der Waals surface area contributed by atoms with E-state index in [0.29, 0.717) is 12.2 Å². The van der Waals surface area contributed by atoms with Crippen LogP contribution < -0.4 is 11.3 Å². The minimum Gasteiger partial charge on any atom is -0.324 e. The molecule has 0 radical (unpaired) electrons. The van der Waals surface area contributed by atoms with E-state index < -0.39 is 0 Å². The van der Waals surface area contributed by atoms with Crippen molar-refractivity contribution in [2.75, 3.05) is 0 Å². The summed E-state index contributed by atoms with van der Waals surface area (Å²) < 4.78 is 0. The van der Waals surface area contributed by atoms with Crippen molar-refractivity contribution < 1.29 is 0 Å². The predicted octanol–water partition coefficient (Wildman–Crippen LogP) is 0.0994. The first-order chi connectivity index (χ1) is 5.69. The number of nitrogens with one attached hydrogen (secondary N) is 1. The SMILES string of the molecule is CCc1c(C)nc(CN)[nH]c1=O. The Kier molecular flexibility index (Phi) is 2.60.